The lowest BCUT2D eigenvalue weighted by Crippen LogP contribution is -2.59. The van der Waals surface area contributed by atoms with Crippen LogP contribution < -0.4 is 9.64 Å². The third-order valence-electron chi connectivity index (χ3n) is 9.56. The fraction of sp³-hybridized carbons (Fsp3) is 0.438. The number of halogens is 2. The molecule has 7 rings (SSSR count). The predicted octanol–water partition coefficient (Wildman–Crippen LogP) is 4.98. The van der Waals surface area contributed by atoms with Crippen LogP contribution in [0.2, 0.25) is 5.02 Å². The molecule has 0 radical (unpaired) electrons. The minimum Gasteiger partial charge on any atom is -0.462 e. The fourth-order valence-electron chi connectivity index (χ4n) is 7.16. The molecule has 0 saturated carbocycles. The van der Waals surface area contributed by atoms with E-state index >= 15 is 4.39 Å². The molecule has 0 N–H and O–H groups in total. The topological polar surface area (TPSA) is 79.6 Å². The predicted molar refractivity (Wildman–Crippen MR) is 166 cm³/mol. The van der Waals surface area contributed by atoms with Crippen LogP contribution in [0, 0.1) is 18.2 Å². The number of fused-ring (bicyclic) bond motifs is 2. The zero-order valence-electron chi connectivity index (χ0n) is 24.7. The highest BCUT2D eigenvalue weighted by Gasteiger charge is 2.49. The van der Waals surface area contributed by atoms with E-state index in [1.807, 2.05) is 31.0 Å². The number of likely N-dealkylation sites (tertiary alicyclic amines) is 2. The largest absolute Gasteiger partial charge is 0.462 e. The number of nitrogens with zero attached hydrogens (tertiary/aromatic N) is 7. The summed E-state index contributed by atoms with van der Waals surface area (Å²) in [5.74, 6) is 0.0447. The summed E-state index contributed by atoms with van der Waals surface area (Å²) in [7, 11) is 3.93. The Morgan fingerprint density at radius 2 is 2.02 bits per heavy atom. The van der Waals surface area contributed by atoms with Gasteiger partial charge in [-0.2, -0.15) is 15.1 Å². The first-order valence-electron chi connectivity index (χ1n) is 14.8. The Morgan fingerprint density at radius 1 is 1.21 bits per heavy atom. The second kappa shape index (κ2) is 10.4. The molecule has 43 heavy (non-hydrogen) atoms. The molecular formula is C32H35ClFN7O2. The van der Waals surface area contributed by atoms with Gasteiger partial charge in [0.05, 0.1) is 16.7 Å². The zero-order valence-corrected chi connectivity index (χ0v) is 25.5. The number of aryl methyl sites for hydroxylation is 2. The van der Waals surface area contributed by atoms with E-state index in [-0.39, 0.29) is 33.9 Å². The number of benzene rings is 2. The number of amides is 1. The molecule has 3 aliphatic heterocycles. The molecule has 2 aromatic carbocycles. The van der Waals surface area contributed by atoms with Gasteiger partial charge in [0, 0.05) is 66.6 Å². The van der Waals surface area contributed by atoms with Gasteiger partial charge in [-0.05, 0) is 57.5 Å². The molecule has 1 atom stereocenters. The molecule has 1 unspecified atom stereocenters. The smallest absolute Gasteiger partial charge is 0.319 e. The van der Waals surface area contributed by atoms with Gasteiger partial charge in [-0.25, -0.2) is 4.39 Å². The summed E-state index contributed by atoms with van der Waals surface area (Å²) in [5, 5.41) is 6.14. The molecule has 3 fully saturated rings. The number of anilines is 1. The van der Waals surface area contributed by atoms with E-state index in [9.17, 15) is 4.79 Å². The van der Waals surface area contributed by atoms with E-state index in [4.69, 9.17) is 21.3 Å². The van der Waals surface area contributed by atoms with Crippen molar-refractivity contribution in [2.45, 2.75) is 32.2 Å². The Bertz CT molecular complexity index is 1780. The van der Waals surface area contributed by atoms with E-state index in [2.05, 4.69) is 33.5 Å². The fourth-order valence-corrected chi connectivity index (χ4v) is 7.45. The van der Waals surface area contributed by atoms with Crippen LogP contribution >= 0.6 is 11.6 Å². The van der Waals surface area contributed by atoms with Crippen molar-refractivity contribution in [2.75, 3.05) is 51.3 Å². The molecule has 11 heteroatoms. The Kier molecular flexibility index (Phi) is 6.81. The minimum absolute atomic E-state index is 0.0297. The number of likely N-dealkylation sites (N-methyl/N-ethyl adjacent to an activating group) is 1. The highest BCUT2D eigenvalue weighted by Crippen LogP contribution is 2.45. The van der Waals surface area contributed by atoms with Gasteiger partial charge in [0.1, 0.15) is 17.9 Å². The van der Waals surface area contributed by atoms with E-state index in [1.165, 1.54) is 6.08 Å². The van der Waals surface area contributed by atoms with Crippen LogP contribution in [0.4, 0.5) is 10.2 Å². The van der Waals surface area contributed by atoms with Crippen LogP contribution in [0.5, 0.6) is 6.01 Å². The number of rotatable bonds is 6. The summed E-state index contributed by atoms with van der Waals surface area (Å²) < 4.78 is 24.8. The third-order valence-corrected chi connectivity index (χ3v) is 9.85. The van der Waals surface area contributed by atoms with Gasteiger partial charge in [0.25, 0.3) is 0 Å². The molecule has 2 aromatic heterocycles. The number of aromatic nitrogens is 4. The Morgan fingerprint density at radius 3 is 2.77 bits per heavy atom. The lowest BCUT2D eigenvalue weighted by molar-refractivity contribution is -0.136. The van der Waals surface area contributed by atoms with Crippen LogP contribution in [-0.2, 0) is 11.8 Å². The molecule has 224 valence electrons. The van der Waals surface area contributed by atoms with Gasteiger partial charge in [0.2, 0.25) is 5.91 Å². The van der Waals surface area contributed by atoms with Gasteiger partial charge in [0.15, 0.2) is 5.82 Å². The monoisotopic (exact) mass is 603 g/mol. The number of carbonyl (C=O) groups excluding carboxylic acids is 1. The maximum Gasteiger partial charge on any atom is 0.319 e. The number of hydrogen-bond acceptors (Lipinski definition) is 7. The van der Waals surface area contributed by atoms with Crippen molar-refractivity contribution in [1.82, 2.24) is 29.5 Å². The number of hydrogen-bond donors (Lipinski definition) is 0. The SMILES string of the molecule is C=CC(=O)N1CC2(CCN(c3nc(OCC4CCCN4C)nc4c(F)c(-c5c(C)ccc6cnn(C)c56)c(Cl)cc34)C2)C1. The van der Waals surface area contributed by atoms with Crippen LogP contribution in [0.25, 0.3) is 32.9 Å². The van der Waals surface area contributed by atoms with Crippen molar-refractivity contribution < 1.29 is 13.9 Å². The minimum atomic E-state index is -0.508. The van der Waals surface area contributed by atoms with Gasteiger partial charge >= 0.3 is 6.01 Å². The zero-order chi connectivity index (χ0) is 30.0. The van der Waals surface area contributed by atoms with Gasteiger partial charge in [-0.15, -0.1) is 0 Å². The first-order valence-corrected chi connectivity index (χ1v) is 15.2. The van der Waals surface area contributed by atoms with Crippen LogP contribution in [0.3, 0.4) is 0 Å². The van der Waals surface area contributed by atoms with Crippen LogP contribution in [0.15, 0.2) is 37.1 Å². The molecule has 0 aliphatic carbocycles. The normalized spacial score (nSPS) is 20.0. The third kappa shape index (κ3) is 4.62. The van der Waals surface area contributed by atoms with Crippen LogP contribution in [-0.4, -0.2) is 87.9 Å². The molecular weight excluding hydrogens is 569 g/mol. The molecule has 0 bridgehead atoms. The summed E-state index contributed by atoms with van der Waals surface area (Å²) >= 11 is 6.95. The van der Waals surface area contributed by atoms with Crippen molar-refractivity contribution in [3.8, 4) is 17.1 Å². The number of carbonyl (C=O) groups is 1. The summed E-state index contributed by atoms with van der Waals surface area (Å²) in [6.45, 7) is 9.77. The van der Waals surface area contributed by atoms with Gasteiger partial charge in [-0.3, -0.25) is 9.48 Å². The average molecular weight is 604 g/mol. The number of ether oxygens (including phenoxy) is 1. The van der Waals surface area contributed by atoms with Crippen molar-refractivity contribution in [2.24, 2.45) is 12.5 Å². The molecule has 1 amide bonds. The van der Waals surface area contributed by atoms with Gasteiger partial charge < -0.3 is 19.4 Å². The first-order chi connectivity index (χ1) is 20.7. The Hall–Kier alpha value is -3.76. The Labute approximate surface area is 254 Å². The molecule has 3 aliphatic rings. The van der Waals surface area contributed by atoms with Crippen molar-refractivity contribution in [1.29, 1.82) is 0 Å². The molecule has 4 aromatic rings. The summed E-state index contributed by atoms with van der Waals surface area (Å²) in [4.78, 5) is 27.9. The lowest BCUT2D eigenvalue weighted by Gasteiger charge is -2.47. The maximum atomic E-state index is 16.9. The van der Waals surface area contributed by atoms with E-state index in [1.54, 1.807) is 16.9 Å². The lowest BCUT2D eigenvalue weighted by atomic mass is 9.79. The second-order valence-electron chi connectivity index (χ2n) is 12.4. The molecule has 1 spiro atoms. The van der Waals surface area contributed by atoms with E-state index in [0.717, 1.165) is 48.8 Å². The summed E-state index contributed by atoms with van der Waals surface area (Å²) in [6.07, 6.45) is 6.18. The van der Waals surface area contributed by atoms with E-state index in [0.29, 0.717) is 48.6 Å². The summed E-state index contributed by atoms with van der Waals surface area (Å²) in [6, 6.07) is 6.14. The standard InChI is InChI=1S/C32H35ClFN7O2/c1-5-24(42)41-17-32(18-41)10-12-40(16-32)30-22-13-23(33)26(25-19(2)8-9-20-14-35-39(4)29(20)25)27(34)28(22)36-31(37-30)43-15-21-7-6-11-38(21)3/h5,8-9,13-14,21H,1,6-7,10-12,15-18H2,2-4H3. The average Bonchev–Trinajstić information content (AvgIpc) is 3.70. The molecule has 9 nitrogen and oxygen atoms in total. The first kappa shape index (κ1) is 28.0. The maximum absolute atomic E-state index is 16.9. The Balaban J connectivity index is 1.33. The van der Waals surface area contributed by atoms with Gasteiger partial charge in [-0.1, -0.05) is 30.3 Å². The molecule has 5 heterocycles. The second-order valence-corrected chi connectivity index (χ2v) is 12.8. The van der Waals surface area contributed by atoms with Crippen LogP contribution in [0.1, 0.15) is 24.8 Å². The summed E-state index contributed by atoms with van der Waals surface area (Å²) in [5.41, 5.74) is 2.83. The quantitative estimate of drug-likeness (QED) is 0.288. The van der Waals surface area contributed by atoms with Crippen molar-refractivity contribution >= 4 is 45.1 Å². The molecule has 3 saturated heterocycles. The van der Waals surface area contributed by atoms with E-state index < -0.39 is 5.82 Å². The highest BCUT2D eigenvalue weighted by atomic mass is 35.5. The van der Waals surface area contributed by atoms with Crippen molar-refractivity contribution in [3.05, 3.63) is 53.5 Å². The van der Waals surface area contributed by atoms with Crippen molar-refractivity contribution in [3.63, 3.8) is 0 Å². The highest BCUT2D eigenvalue weighted by molar-refractivity contribution is 6.35.